The Morgan fingerprint density at radius 1 is 1.07 bits per heavy atom. The van der Waals surface area contributed by atoms with E-state index in [1.165, 1.54) is 0 Å². The number of carbonyl (C=O) groups excluding carboxylic acids is 1. The van der Waals surface area contributed by atoms with Gasteiger partial charge in [0, 0.05) is 5.56 Å². The Labute approximate surface area is 160 Å². The van der Waals surface area contributed by atoms with Crippen LogP contribution in [0.4, 0.5) is 0 Å². The second-order valence-corrected chi connectivity index (χ2v) is 6.45. The maximum atomic E-state index is 12.0. The molecule has 0 N–H and O–H groups in total. The summed E-state index contributed by atoms with van der Waals surface area (Å²) >= 11 is 1.11. The standard InChI is InChI=1S/C19H18N2O5S/c1-12-5-4-6-14(9-12)25-17(22)11-27-19-21-20-18(26-19)13-7-8-15(23-2)16(10-13)24-3/h4-10H,11H2,1-3H3. The summed E-state index contributed by atoms with van der Waals surface area (Å²) in [4.78, 5) is 12.0. The first-order valence-corrected chi connectivity index (χ1v) is 9.03. The molecule has 0 saturated carbocycles. The van der Waals surface area contributed by atoms with Gasteiger partial charge in [-0.05, 0) is 42.8 Å². The van der Waals surface area contributed by atoms with E-state index in [2.05, 4.69) is 10.2 Å². The average Bonchev–Trinajstić information content (AvgIpc) is 3.15. The lowest BCUT2D eigenvalue weighted by Crippen LogP contribution is -2.10. The maximum absolute atomic E-state index is 12.0. The quantitative estimate of drug-likeness (QED) is 0.345. The van der Waals surface area contributed by atoms with Crippen molar-refractivity contribution in [2.75, 3.05) is 20.0 Å². The van der Waals surface area contributed by atoms with Crippen LogP contribution in [0, 0.1) is 6.92 Å². The van der Waals surface area contributed by atoms with Gasteiger partial charge < -0.3 is 18.6 Å². The number of methoxy groups -OCH3 is 2. The van der Waals surface area contributed by atoms with Gasteiger partial charge in [-0.25, -0.2) is 0 Å². The molecule has 0 bridgehead atoms. The Morgan fingerprint density at radius 2 is 1.89 bits per heavy atom. The average molecular weight is 386 g/mol. The number of hydrogen-bond acceptors (Lipinski definition) is 8. The molecule has 8 heteroatoms. The first-order chi connectivity index (χ1) is 13.1. The molecule has 0 atom stereocenters. The summed E-state index contributed by atoms with van der Waals surface area (Å²) in [5, 5.41) is 8.23. The number of benzene rings is 2. The lowest BCUT2D eigenvalue weighted by molar-refractivity contribution is -0.131. The molecule has 0 spiro atoms. The molecule has 27 heavy (non-hydrogen) atoms. The smallest absolute Gasteiger partial charge is 0.321 e. The van der Waals surface area contributed by atoms with E-state index in [-0.39, 0.29) is 11.0 Å². The molecule has 0 aliphatic carbocycles. The van der Waals surface area contributed by atoms with Crippen molar-refractivity contribution in [2.45, 2.75) is 12.1 Å². The van der Waals surface area contributed by atoms with E-state index in [4.69, 9.17) is 18.6 Å². The van der Waals surface area contributed by atoms with E-state index >= 15 is 0 Å². The third-order valence-corrected chi connectivity index (χ3v) is 4.36. The van der Waals surface area contributed by atoms with Gasteiger partial charge in [0.2, 0.25) is 5.89 Å². The van der Waals surface area contributed by atoms with Gasteiger partial charge in [0.15, 0.2) is 11.5 Å². The summed E-state index contributed by atoms with van der Waals surface area (Å²) in [7, 11) is 3.12. The highest BCUT2D eigenvalue weighted by Crippen LogP contribution is 2.32. The summed E-state index contributed by atoms with van der Waals surface area (Å²) in [5.74, 6) is 1.67. The molecule has 3 rings (SSSR count). The maximum Gasteiger partial charge on any atom is 0.321 e. The predicted molar refractivity (Wildman–Crippen MR) is 100 cm³/mol. The number of rotatable bonds is 7. The van der Waals surface area contributed by atoms with Crippen molar-refractivity contribution in [1.82, 2.24) is 10.2 Å². The number of aryl methyl sites for hydroxylation is 1. The van der Waals surface area contributed by atoms with Gasteiger partial charge in [-0.2, -0.15) is 0 Å². The molecule has 2 aromatic carbocycles. The fourth-order valence-electron chi connectivity index (χ4n) is 2.31. The second kappa shape index (κ2) is 8.59. The summed E-state index contributed by atoms with van der Waals surface area (Å²) in [6.45, 7) is 1.93. The van der Waals surface area contributed by atoms with E-state index < -0.39 is 5.97 Å². The molecule has 0 saturated heterocycles. The summed E-state index contributed by atoms with van der Waals surface area (Å²) in [6, 6.07) is 12.6. The highest BCUT2D eigenvalue weighted by molar-refractivity contribution is 7.99. The predicted octanol–water partition coefficient (Wildman–Crippen LogP) is 3.76. The minimum atomic E-state index is -0.392. The Bertz CT molecular complexity index is 941. The number of ether oxygens (including phenoxy) is 3. The summed E-state index contributed by atoms with van der Waals surface area (Å²) in [6.07, 6.45) is 0. The molecule has 0 radical (unpaired) electrons. The van der Waals surface area contributed by atoms with Gasteiger partial charge in [-0.15, -0.1) is 10.2 Å². The van der Waals surface area contributed by atoms with E-state index in [0.29, 0.717) is 28.7 Å². The van der Waals surface area contributed by atoms with E-state index in [1.54, 1.807) is 44.6 Å². The fraction of sp³-hybridized carbons (Fsp3) is 0.211. The minimum absolute atomic E-state index is 0.0571. The van der Waals surface area contributed by atoms with Crippen LogP contribution in [0.1, 0.15) is 5.56 Å². The number of aromatic nitrogens is 2. The monoisotopic (exact) mass is 386 g/mol. The van der Waals surface area contributed by atoms with Crippen LogP contribution in [0.5, 0.6) is 17.2 Å². The van der Waals surface area contributed by atoms with Crippen molar-refractivity contribution in [2.24, 2.45) is 0 Å². The van der Waals surface area contributed by atoms with Crippen molar-refractivity contribution in [1.29, 1.82) is 0 Å². The van der Waals surface area contributed by atoms with Gasteiger partial charge in [-0.3, -0.25) is 4.79 Å². The van der Waals surface area contributed by atoms with Crippen molar-refractivity contribution in [3.05, 3.63) is 48.0 Å². The SMILES string of the molecule is COc1ccc(-c2nnc(SCC(=O)Oc3cccc(C)c3)o2)cc1OC. The van der Waals surface area contributed by atoms with Crippen LogP contribution < -0.4 is 14.2 Å². The van der Waals surface area contributed by atoms with Crippen LogP contribution in [0.15, 0.2) is 52.1 Å². The van der Waals surface area contributed by atoms with E-state index in [1.807, 2.05) is 19.1 Å². The van der Waals surface area contributed by atoms with Crippen molar-refractivity contribution < 1.29 is 23.4 Å². The first kappa shape index (κ1) is 18.8. The summed E-state index contributed by atoms with van der Waals surface area (Å²) in [5.41, 5.74) is 1.71. The normalized spacial score (nSPS) is 10.5. The molecule has 1 heterocycles. The van der Waals surface area contributed by atoms with Gasteiger partial charge in [0.25, 0.3) is 5.22 Å². The van der Waals surface area contributed by atoms with Gasteiger partial charge >= 0.3 is 5.97 Å². The van der Waals surface area contributed by atoms with Crippen LogP contribution in [-0.4, -0.2) is 36.1 Å². The third-order valence-electron chi connectivity index (χ3n) is 3.57. The Hall–Kier alpha value is -3.00. The zero-order chi connectivity index (χ0) is 19.2. The first-order valence-electron chi connectivity index (χ1n) is 8.05. The van der Waals surface area contributed by atoms with E-state index in [0.717, 1.165) is 17.3 Å². The zero-order valence-electron chi connectivity index (χ0n) is 15.1. The lowest BCUT2D eigenvalue weighted by Gasteiger charge is -2.07. The van der Waals surface area contributed by atoms with Crippen LogP contribution in [-0.2, 0) is 4.79 Å². The van der Waals surface area contributed by atoms with Gasteiger partial charge in [0.1, 0.15) is 11.5 Å². The largest absolute Gasteiger partial charge is 0.493 e. The molecule has 140 valence electrons. The topological polar surface area (TPSA) is 83.7 Å². The Balaban J connectivity index is 1.62. The molecular formula is C19H18N2O5S. The molecule has 0 aliphatic rings. The molecule has 0 amide bonds. The number of thioether (sulfide) groups is 1. The highest BCUT2D eigenvalue weighted by atomic mass is 32.2. The molecule has 7 nitrogen and oxygen atoms in total. The molecule has 0 aliphatic heterocycles. The third kappa shape index (κ3) is 4.79. The number of nitrogens with zero attached hydrogens (tertiary/aromatic N) is 2. The van der Waals surface area contributed by atoms with Crippen LogP contribution in [0.2, 0.25) is 0 Å². The molecule has 1 aromatic heterocycles. The minimum Gasteiger partial charge on any atom is -0.493 e. The number of esters is 1. The van der Waals surface area contributed by atoms with E-state index in [9.17, 15) is 4.79 Å². The molecule has 3 aromatic rings. The molecular weight excluding hydrogens is 368 g/mol. The summed E-state index contributed by atoms with van der Waals surface area (Å²) < 4.78 is 21.4. The van der Waals surface area contributed by atoms with Gasteiger partial charge in [-0.1, -0.05) is 23.9 Å². The van der Waals surface area contributed by atoms with Crippen LogP contribution in [0.25, 0.3) is 11.5 Å². The van der Waals surface area contributed by atoms with Crippen molar-refractivity contribution >= 4 is 17.7 Å². The highest BCUT2D eigenvalue weighted by Gasteiger charge is 2.14. The second-order valence-electron chi connectivity index (χ2n) is 5.52. The Morgan fingerprint density at radius 3 is 2.63 bits per heavy atom. The Kier molecular flexibility index (Phi) is 5.97. The molecule has 0 unspecified atom stereocenters. The lowest BCUT2D eigenvalue weighted by atomic mass is 10.2. The number of carbonyl (C=O) groups is 1. The fourth-order valence-corrected chi connectivity index (χ4v) is 2.85. The number of hydrogen-bond donors (Lipinski definition) is 0. The van der Waals surface area contributed by atoms with Crippen molar-refractivity contribution in [3.8, 4) is 28.7 Å². The van der Waals surface area contributed by atoms with Crippen molar-refractivity contribution in [3.63, 3.8) is 0 Å². The van der Waals surface area contributed by atoms with Crippen LogP contribution in [0.3, 0.4) is 0 Å². The van der Waals surface area contributed by atoms with Crippen LogP contribution >= 0.6 is 11.8 Å². The van der Waals surface area contributed by atoms with Gasteiger partial charge in [0.05, 0.1) is 14.2 Å². The zero-order valence-corrected chi connectivity index (χ0v) is 15.9. The molecule has 0 fully saturated rings.